The molecule has 9 heteroatoms. The predicted octanol–water partition coefficient (Wildman–Crippen LogP) is 1.23. The summed E-state index contributed by atoms with van der Waals surface area (Å²) in [7, 11) is -2.13. The Balaban J connectivity index is 2.42. The molecule has 110 valence electrons. The summed E-state index contributed by atoms with van der Waals surface area (Å²) in [4.78, 5) is 9.96. The summed E-state index contributed by atoms with van der Waals surface area (Å²) in [5.74, 6) is 0. The number of nitrogens with zero attached hydrogens (tertiary/aromatic N) is 2. The molecule has 0 aliphatic carbocycles. The van der Waals surface area contributed by atoms with Crippen LogP contribution < -0.4 is 5.32 Å². The highest BCUT2D eigenvalue weighted by Gasteiger charge is 2.36. The first kappa shape index (κ1) is 15.2. The van der Waals surface area contributed by atoms with E-state index in [9.17, 15) is 18.5 Å². The quantitative estimate of drug-likeness (QED) is 0.665. The predicted molar refractivity (Wildman–Crippen MR) is 74.3 cm³/mol. The zero-order chi connectivity index (χ0) is 14.9. The van der Waals surface area contributed by atoms with Crippen molar-refractivity contribution in [1.29, 1.82) is 0 Å². The van der Waals surface area contributed by atoms with Crippen LogP contribution in [-0.2, 0) is 10.0 Å². The number of nitrogens with one attached hydrogen (secondary N) is 1. The lowest BCUT2D eigenvalue weighted by molar-refractivity contribution is -0.387. The van der Waals surface area contributed by atoms with E-state index in [-0.39, 0.29) is 16.0 Å². The Labute approximate surface area is 121 Å². The number of nitro groups is 1. The van der Waals surface area contributed by atoms with Gasteiger partial charge >= 0.3 is 0 Å². The molecule has 1 fully saturated rings. The lowest BCUT2D eigenvalue weighted by atomic mass is 10.3. The standard InChI is InChI=1S/C11H14ClN3O4S/c1-13-9-4-5-14(7-9)20(18,19)11-3-2-8(12)6-10(11)15(16)17/h2-3,6,9,13H,4-5,7H2,1H3. The monoisotopic (exact) mass is 319 g/mol. The zero-order valence-electron chi connectivity index (χ0n) is 10.7. The van der Waals surface area contributed by atoms with E-state index in [1.807, 2.05) is 0 Å². The average Bonchev–Trinajstić information content (AvgIpc) is 2.87. The van der Waals surface area contributed by atoms with Crippen LogP contribution in [0.25, 0.3) is 0 Å². The van der Waals surface area contributed by atoms with Crippen molar-refractivity contribution in [2.45, 2.75) is 17.4 Å². The van der Waals surface area contributed by atoms with Crippen molar-refractivity contribution in [1.82, 2.24) is 9.62 Å². The van der Waals surface area contributed by atoms with Gasteiger partial charge in [-0.25, -0.2) is 8.42 Å². The van der Waals surface area contributed by atoms with E-state index in [1.54, 1.807) is 7.05 Å². The molecule has 2 rings (SSSR count). The lowest BCUT2D eigenvalue weighted by Crippen LogP contribution is -2.33. The molecular formula is C11H14ClN3O4S. The molecule has 0 aromatic heterocycles. The summed E-state index contributed by atoms with van der Waals surface area (Å²) >= 11 is 5.69. The maximum Gasteiger partial charge on any atom is 0.290 e. The molecule has 0 bridgehead atoms. The van der Waals surface area contributed by atoms with E-state index < -0.39 is 20.6 Å². The molecule has 0 amide bonds. The largest absolute Gasteiger partial charge is 0.316 e. The van der Waals surface area contributed by atoms with Crippen LogP contribution in [0.2, 0.25) is 5.02 Å². The van der Waals surface area contributed by atoms with Gasteiger partial charge in [0.15, 0.2) is 4.90 Å². The van der Waals surface area contributed by atoms with Gasteiger partial charge in [-0.1, -0.05) is 11.6 Å². The van der Waals surface area contributed by atoms with E-state index in [4.69, 9.17) is 11.6 Å². The molecule has 1 aromatic carbocycles. The van der Waals surface area contributed by atoms with Crippen molar-refractivity contribution in [3.8, 4) is 0 Å². The summed E-state index contributed by atoms with van der Waals surface area (Å²) in [5.41, 5.74) is -0.495. The van der Waals surface area contributed by atoms with Crippen LogP contribution in [-0.4, -0.2) is 43.8 Å². The van der Waals surface area contributed by atoms with Crippen LogP contribution >= 0.6 is 11.6 Å². The van der Waals surface area contributed by atoms with Gasteiger partial charge in [0, 0.05) is 30.2 Å². The highest BCUT2D eigenvalue weighted by molar-refractivity contribution is 7.89. The van der Waals surface area contributed by atoms with Crippen molar-refractivity contribution < 1.29 is 13.3 Å². The number of rotatable bonds is 4. The van der Waals surface area contributed by atoms with E-state index in [0.29, 0.717) is 19.5 Å². The molecule has 1 atom stereocenters. The number of halogens is 1. The van der Waals surface area contributed by atoms with Crippen LogP contribution in [0.3, 0.4) is 0 Å². The fraction of sp³-hybridized carbons (Fsp3) is 0.455. The summed E-state index contributed by atoms with van der Waals surface area (Å²) in [6.45, 7) is 0.645. The molecule has 1 aromatic rings. The van der Waals surface area contributed by atoms with Crippen LogP contribution in [0, 0.1) is 10.1 Å². The molecule has 1 aliphatic rings. The number of likely N-dealkylation sites (N-methyl/N-ethyl adjacent to an activating group) is 1. The topological polar surface area (TPSA) is 92.6 Å². The first-order chi connectivity index (χ1) is 9.36. The van der Waals surface area contributed by atoms with E-state index in [0.717, 1.165) is 6.07 Å². The zero-order valence-corrected chi connectivity index (χ0v) is 12.3. The minimum Gasteiger partial charge on any atom is -0.316 e. The summed E-state index contributed by atoms with van der Waals surface area (Å²) < 4.78 is 26.2. The van der Waals surface area contributed by atoms with E-state index >= 15 is 0 Å². The number of benzene rings is 1. The number of sulfonamides is 1. The molecule has 1 saturated heterocycles. The Hall–Kier alpha value is -1.22. The highest BCUT2D eigenvalue weighted by atomic mass is 35.5. The molecule has 20 heavy (non-hydrogen) atoms. The molecule has 7 nitrogen and oxygen atoms in total. The van der Waals surface area contributed by atoms with Gasteiger partial charge < -0.3 is 5.32 Å². The SMILES string of the molecule is CNC1CCN(S(=O)(=O)c2ccc(Cl)cc2[N+](=O)[O-])C1. The minimum atomic E-state index is -3.88. The molecule has 0 spiro atoms. The van der Waals surface area contributed by atoms with Gasteiger partial charge in [-0.3, -0.25) is 10.1 Å². The maximum atomic E-state index is 12.5. The van der Waals surface area contributed by atoms with Crippen molar-refractivity contribution in [3.05, 3.63) is 33.3 Å². The molecule has 1 heterocycles. The van der Waals surface area contributed by atoms with Crippen LogP contribution in [0.4, 0.5) is 5.69 Å². The minimum absolute atomic E-state index is 0.0659. The second-order valence-electron chi connectivity index (χ2n) is 4.51. The second kappa shape index (κ2) is 5.65. The normalized spacial score (nSPS) is 20.2. The molecular weight excluding hydrogens is 306 g/mol. The molecule has 1 unspecified atom stereocenters. The Kier molecular flexibility index (Phi) is 4.28. The summed E-state index contributed by atoms with van der Waals surface area (Å²) in [6, 6.07) is 3.64. The van der Waals surface area contributed by atoms with Gasteiger partial charge in [-0.2, -0.15) is 4.31 Å². The first-order valence-electron chi connectivity index (χ1n) is 5.97. The molecule has 1 N–H and O–H groups in total. The average molecular weight is 320 g/mol. The second-order valence-corrected chi connectivity index (χ2v) is 6.85. The molecule has 0 radical (unpaired) electrons. The third kappa shape index (κ3) is 2.78. The Morgan fingerprint density at radius 3 is 2.75 bits per heavy atom. The van der Waals surface area contributed by atoms with Crippen LogP contribution in [0.1, 0.15) is 6.42 Å². The van der Waals surface area contributed by atoms with Crippen LogP contribution in [0.15, 0.2) is 23.1 Å². The molecule has 1 aliphatic heterocycles. The number of nitro benzene ring substituents is 1. The van der Waals surface area contributed by atoms with Gasteiger partial charge in [-0.05, 0) is 25.6 Å². The Morgan fingerprint density at radius 1 is 1.50 bits per heavy atom. The summed E-state index contributed by atoms with van der Waals surface area (Å²) in [5, 5.41) is 14.1. The van der Waals surface area contributed by atoms with Crippen molar-refractivity contribution in [2.24, 2.45) is 0 Å². The van der Waals surface area contributed by atoms with Crippen LogP contribution in [0.5, 0.6) is 0 Å². The first-order valence-corrected chi connectivity index (χ1v) is 7.79. The third-order valence-electron chi connectivity index (χ3n) is 3.29. The third-order valence-corrected chi connectivity index (χ3v) is 5.44. The van der Waals surface area contributed by atoms with E-state index in [2.05, 4.69) is 5.32 Å². The van der Waals surface area contributed by atoms with Crippen molar-refractivity contribution >= 4 is 27.3 Å². The van der Waals surface area contributed by atoms with Crippen molar-refractivity contribution in [2.75, 3.05) is 20.1 Å². The summed E-state index contributed by atoms with van der Waals surface area (Å²) in [6.07, 6.45) is 0.678. The fourth-order valence-corrected chi connectivity index (χ4v) is 3.98. The fourth-order valence-electron chi connectivity index (χ4n) is 2.17. The van der Waals surface area contributed by atoms with Gasteiger partial charge in [0.25, 0.3) is 5.69 Å². The van der Waals surface area contributed by atoms with Gasteiger partial charge in [-0.15, -0.1) is 0 Å². The van der Waals surface area contributed by atoms with Gasteiger partial charge in [0.1, 0.15) is 0 Å². The van der Waals surface area contributed by atoms with E-state index in [1.165, 1.54) is 16.4 Å². The smallest absolute Gasteiger partial charge is 0.290 e. The Bertz CT molecular complexity index is 635. The van der Waals surface area contributed by atoms with Crippen molar-refractivity contribution in [3.63, 3.8) is 0 Å². The Morgan fingerprint density at radius 2 is 2.20 bits per heavy atom. The maximum absolute atomic E-state index is 12.5. The van der Waals surface area contributed by atoms with Gasteiger partial charge in [0.2, 0.25) is 10.0 Å². The number of hydrogen-bond donors (Lipinski definition) is 1. The molecule has 0 saturated carbocycles. The highest BCUT2D eigenvalue weighted by Crippen LogP contribution is 2.30. The lowest BCUT2D eigenvalue weighted by Gasteiger charge is -2.16. The van der Waals surface area contributed by atoms with Gasteiger partial charge in [0.05, 0.1) is 4.92 Å². The number of hydrogen-bond acceptors (Lipinski definition) is 5.